The van der Waals surface area contributed by atoms with Crippen molar-refractivity contribution in [3.63, 3.8) is 0 Å². The van der Waals surface area contributed by atoms with E-state index in [1.54, 1.807) is 0 Å². The molecule has 0 saturated heterocycles. The van der Waals surface area contributed by atoms with Crippen molar-refractivity contribution in [2.75, 3.05) is 13.7 Å². The van der Waals surface area contributed by atoms with Gasteiger partial charge in [-0.3, -0.25) is 0 Å². The zero-order valence-electron chi connectivity index (χ0n) is 17.4. The monoisotopic (exact) mass is 378 g/mol. The highest BCUT2D eigenvalue weighted by Crippen LogP contribution is 2.82. The van der Waals surface area contributed by atoms with Crippen LogP contribution in [-0.4, -0.2) is 46.8 Å². The molecule has 0 bridgehead atoms. The van der Waals surface area contributed by atoms with Crippen LogP contribution in [0.1, 0.15) is 65.7 Å². The first-order chi connectivity index (χ1) is 12.7. The zero-order chi connectivity index (χ0) is 19.4. The van der Waals surface area contributed by atoms with E-state index in [-0.39, 0.29) is 17.9 Å². The molecule has 0 amide bonds. The summed E-state index contributed by atoms with van der Waals surface area (Å²) in [4.78, 5) is 0. The molecule has 0 aliphatic heterocycles. The maximum absolute atomic E-state index is 11.7. The summed E-state index contributed by atoms with van der Waals surface area (Å²) in [6.45, 7) is 6.55. The lowest BCUT2D eigenvalue weighted by molar-refractivity contribution is -0.206. The van der Waals surface area contributed by atoms with Gasteiger partial charge in [-0.1, -0.05) is 20.8 Å². The topological polar surface area (TPSA) is 69.9 Å². The van der Waals surface area contributed by atoms with E-state index in [2.05, 4.69) is 13.8 Å². The fourth-order valence-electron chi connectivity index (χ4n) is 9.66. The van der Waals surface area contributed by atoms with Crippen molar-refractivity contribution in [3.8, 4) is 0 Å². The zero-order valence-corrected chi connectivity index (χ0v) is 17.4. The van der Waals surface area contributed by atoms with E-state index in [0.29, 0.717) is 41.1 Å². The molecule has 5 aliphatic rings. The van der Waals surface area contributed by atoms with Gasteiger partial charge in [-0.2, -0.15) is 0 Å². The summed E-state index contributed by atoms with van der Waals surface area (Å²) in [5.74, 6) is 2.07. The van der Waals surface area contributed by atoms with Crippen molar-refractivity contribution in [2.45, 2.75) is 83.5 Å². The highest BCUT2D eigenvalue weighted by atomic mass is 16.5. The molecule has 4 heteroatoms. The van der Waals surface area contributed by atoms with Gasteiger partial charge >= 0.3 is 0 Å². The highest BCUT2D eigenvalue weighted by molar-refractivity contribution is 5.27. The van der Waals surface area contributed by atoms with E-state index < -0.39 is 11.7 Å². The summed E-state index contributed by atoms with van der Waals surface area (Å²) in [7, 11) is 1.89. The lowest BCUT2D eigenvalue weighted by Crippen LogP contribution is -2.61. The molecule has 0 aromatic heterocycles. The van der Waals surface area contributed by atoms with E-state index in [4.69, 9.17) is 4.74 Å². The van der Waals surface area contributed by atoms with Crippen LogP contribution in [0.25, 0.3) is 0 Å². The molecule has 0 radical (unpaired) electrons. The van der Waals surface area contributed by atoms with Crippen LogP contribution in [0, 0.1) is 45.8 Å². The standard InChI is InChI=1S/C23H38O4/c1-13(12-24)23(26)18(25)10-17-15-9-19(27-4)22-11-14(22)5-7-20(22,2)16(15)6-8-21(17,23)3/h13-19,24-26H,5-12H2,1-4H3. The predicted molar refractivity (Wildman–Crippen MR) is 103 cm³/mol. The molecule has 5 fully saturated rings. The van der Waals surface area contributed by atoms with Gasteiger partial charge in [0.1, 0.15) is 5.60 Å². The number of hydrogen-bond donors (Lipinski definition) is 3. The summed E-state index contributed by atoms with van der Waals surface area (Å²) < 4.78 is 6.13. The van der Waals surface area contributed by atoms with Crippen LogP contribution in [0.2, 0.25) is 0 Å². The number of aliphatic hydroxyl groups is 3. The number of aliphatic hydroxyl groups excluding tert-OH is 2. The van der Waals surface area contributed by atoms with Gasteiger partial charge in [-0.25, -0.2) is 0 Å². The summed E-state index contributed by atoms with van der Waals surface area (Å²) in [6, 6.07) is 0. The quantitative estimate of drug-likeness (QED) is 0.706. The molecule has 11 atom stereocenters. The second-order valence-corrected chi connectivity index (χ2v) is 11.4. The van der Waals surface area contributed by atoms with Crippen LogP contribution >= 0.6 is 0 Å². The summed E-state index contributed by atoms with van der Waals surface area (Å²) in [5, 5.41) is 32.5. The minimum atomic E-state index is -1.19. The van der Waals surface area contributed by atoms with Crippen molar-refractivity contribution in [1.29, 1.82) is 0 Å². The molecule has 0 aromatic rings. The molecule has 5 saturated carbocycles. The molecule has 5 rings (SSSR count). The largest absolute Gasteiger partial charge is 0.396 e. The molecule has 4 nitrogen and oxygen atoms in total. The fraction of sp³-hybridized carbons (Fsp3) is 1.00. The van der Waals surface area contributed by atoms with Gasteiger partial charge in [-0.05, 0) is 74.0 Å². The van der Waals surface area contributed by atoms with E-state index in [1.807, 2.05) is 14.0 Å². The van der Waals surface area contributed by atoms with Crippen molar-refractivity contribution in [3.05, 3.63) is 0 Å². The average molecular weight is 379 g/mol. The van der Waals surface area contributed by atoms with Gasteiger partial charge in [0.05, 0.1) is 12.2 Å². The van der Waals surface area contributed by atoms with Crippen molar-refractivity contribution in [2.24, 2.45) is 45.8 Å². The summed E-state index contributed by atoms with van der Waals surface area (Å²) in [5.41, 5.74) is -0.746. The van der Waals surface area contributed by atoms with Crippen molar-refractivity contribution >= 4 is 0 Å². The van der Waals surface area contributed by atoms with Crippen LogP contribution in [0.3, 0.4) is 0 Å². The van der Waals surface area contributed by atoms with Crippen LogP contribution in [-0.2, 0) is 4.74 Å². The Kier molecular flexibility index (Phi) is 3.84. The minimum absolute atomic E-state index is 0.0762. The number of fused-ring (bicyclic) bond motifs is 4. The number of rotatable bonds is 3. The van der Waals surface area contributed by atoms with Gasteiger partial charge in [0.25, 0.3) is 0 Å². The molecule has 5 aliphatic carbocycles. The molecule has 27 heavy (non-hydrogen) atoms. The van der Waals surface area contributed by atoms with Crippen molar-refractivity contribution in [1.82, 2.24) is 0 Å². The van der Waals surface area contributed by atoms with Crippen molar-refractivity contribution < 1.29 is 20.1 Å². The average Bonchev–Trinajstić information content (AvgIpc) is 3.25. The SMILES string of the molecule is COC1CC2C3CC(O)C(O)(C(C)CO)C3(C)CCC2C2(C)CCC3CC312. The Morgan fingerprint density at radius 3 is 2.41 bits per heavy atom. The summed E-state index contributed by atoms with van der Waals surface area (Å²) >= 11 is 0. The number of methoxy groups -OCH3 is 1. The normalized spacial score (nSPS) is 62.3. The first kappa shape index (κ1) is 18.8. The minimum Gasteiger partial charge on any atom is -0.396 e. The number of hydrogen-bond acceptors (Lipinski definition) is 4. The lowest BCUT2D eigenvalue weighted by Gasteiger charge is -2.61. The van der Waals surface area contributed by atoms with Crippen LogP contribution < -0.4 is 0 Å². The Morgan fingerprint density at radius 2 is 1.78 bits per heavy atom. The van der Waals surface area contributed by atoms with E-state index in [9.17, 15) is 15.3 Å². The first-order valence-corrected chi connectivity index (χ1v) is 11.2. The second-order valence-electron chi connectivity index (χ2n) is 11.4. The third-order valence-corrected chi connectivity index (χ3v) is 11.1. The number of ether oxygens (including phenoxy) is 1. The van der Waals surface area contributed by atoms with E-state index >= 15 is 0 Å². The van der Waals surface area contributed by atoms with Gasteiger partial charge < -0.3 is 20.1 Å². The van der Waals surface area contributed by atoms with Gasteiger partial charge in [0, 0.05) is 30.5 Å². The van der Waals surface area contributed by atoms with Gasteiger partial charge in [0.2, 0.25) is 0 Å². The maximum Gasteiger partial charge on any atom is 0.101 e. The lowest BCUT2D eigenvalue weighted by atomic mass is 9.44. The third-order valence-electron chi connectivity index (χ3n) is 11.1. The molecular weight excluding hydrogens is 340 g/mol. The van der Waals surface area contributed by atoms with E-state index in [1.165, 1.54) is 19.3 Å². The first-order valence-electron chi connectivity index (χ1n) is 11.2. The van der Waals surface area contributed by atoms with E-state index in [0.717, 1.165) is 25.2 Å². The molecular formula is C23H38O4. The smallest absolute Gasteiger partial charge is 0.101 e. The highest BCUT2D eigenvalue weighted by Gasteiger charge is 2.78. The third kappa shape index (κ3) is 1.86. The predicted octanol–water partition coefficient (Wildman–Crippen LogP) is 2.98. The molecule has 154 valence electrons. The molecule has 3 N–H and O–H groups in total. The molecule has 1 spiro atoms. The Balaban J connectivity index is 1.54. The second kappa shape index (κ2) is 5.50. The van der Waals surface area contributed by atoms with Crippen LogP contribution in [0.15, 0.2) is 0 Å². The Morgan fingerprint density at radius 1 is 1.07 bits per heavy atom. The van der Waals surface area contributed by atoms with Crippen LogP contribution in [0.5, 0.6) is 0 Å². The van der Waals surface area contributed by atoms with Gasteiger partial charge in [-0.15, -0.1) is 0 Å². The Hall–Kier alpha value is -0.160. The Bertz CT molecular complexity index is 638. The fourth-order valence-corrected chi connectivity index (χ4v) is 9.66. The molecule has 0 aromatic carbocycles. The molecule has 11 unspecified atom stereocenters. The maximum atomic E-state index is 11.7. The van der Waals surface area contributed by atoms with Crippen LogP contribution in [0.4, 0.5) is 0 Å². The van der Waals surface area contributed by atoms with Gasteiger partial charge in [0.15, 0.2) is 0 Å². The molecule has 0 heterocycles. The Labute approximate surface area is 163 Å². The summed E-state index contributed by atoms with van der Waals surface area (Å²) in [6.07, 6.45) is 7.48.